The van der Waals surface area contributed by atoms with Crippen molar-refractivity contribution in [3.63, 3.8) is 0 Å². The second kappa shape index (κ2) is 2.73. The van der Waals surface area contributed by atoms with Crippen LogP contribution in [0.25, 0.3) is 0 Å². The minimum absolute atomic E-state index is 0.538. The van der Waals surface area contributed by atoms with Gasteiger partial charge in [0, 0.05) is 13.1 Å². The summed E-state index contributed by atoms with van der Waals surface area (Å²) in [6, 6.07) is 0. The first-order valence-electron chi connectivity index (χ1n) is 5.27. The minimum Gasteiger partial charge on any atom is -0.303 e. The van der Waals surface area contributed by atoms with Crippen molar-refractivity contribution in [2.24, 2.45) is 17.3 Å². The van der Waals surface area contributed by atoms with Crippen LogP contribution in [-0.4, -0.2) is 24.5 Å². The molecule has 0 aromatic rings. The summed E-state index contributed by atoms with van der Waals surface area (Å²) in [6.45, 7) is 11.3. The molecular weight excluding hydrogens is 146 g/mol. The van der Waals surface area contributed by atoms with Gasteiger partial charge in [0.15, 0.2) is 0 Å². The number of rotatable bonds is 1. The third-order valence-electron chi connectivity index (χ3n) is 3.34. The van der Waals surface area contributed by atoms with E-state index in [4.69, 9.17) is 0 Å². The first kappa shape index (κ1) is 8.55. The normalized spacial score (nSPS) is 40.8. The van der Waals surface area contributed by atoms with E-state index in [1.807, 2.05) is 0 Å². The maximum atomic E-state index is 2.64. The second-order valence-corrected chi connectivity index (χ2v) is 5.83. The van der Waals surface area contributed by atoms with E-state index in [0.717, 1.165) is 11.8 Å². The van der Waals surface area contributed by atoms with E-state index >= 15 is 0 Å². The Hall–Kier alpha value is -0.0400. The van der Waals surface area contributed by atoms with Crippen LogP contribution in [0.4, 0.5) is 0 Å². The molecule has 2 fully saturated rings. The highest BCUT2D eigenvalue weighted by molar-refractivity contribution is 4.91. The van der Waals surface area contributed by atoms with Gasteiger partial charge in [-0.25, -0.2) is 0 Å². The van der Waals surface area contributed by atoms with Crippen molar-refractivity contribution in [2.45, 2.75) is 33.6 Å². The number of fused-ring (bicyclic) bond motifs is 2. The average molecular weight is 167 g/mol. The second-order valence-electron chi connectivity index (χ2n) is 5.83. The largest absolute Gasteiger partial charge is 0.303 e. The highest BCUT2D eigenvalue weighted by Crippen LogP contribution is 2.39. The monoisotopic (exact) mass is 167 g/mol. The van der Waals surface area contributed by atoms with Crippen molar-refractivity contribution in [3.8, 4) is 0 Å². The van der Waals surface area contributed by atoms with Gasteiger partial charge in [-0.1, -0.05) is 20.8 Å². The van der Waals surface area contributed by atoms with Crippen LogP contribution in [0.15, 0.2) is 0 Å². The van der Waals surface area contributed by atoms with Gasteiger partial charge in [0.2, 0.25) is 0 Å². The molecule has 12 heavy (non-hydrogen) atoms. The molecule has 2 heterocycles. The van der Waals surface area contributed by atoms with Crippen molar-refractivity contribution in [3.05, 3.63) is 0 Å². The Kier molecular flexibility index (Phi) is 1.95. The van der Waals surface area contributed by atoms with Gasteiger partial charge in [0.25, 0.3) is 0 Å². The van der Waals surface area contributed by atoms with Gasteiger partial charge in [-0.2, -0.15) is 0 Å². The Morgan fingerprint density at radius 1 is 1.25 bits per heavy atom. The standard InChI is InChI=1S/C11H21N/c1-11(2,3)6-10-8-12-5-4-9(10)7-12/h9-10H,4-8H2,1-3H3. The van der Waals surface area contributed by atoms with E-state index in [0.29, 0.717) is 5.41 Å². The van der Waals surface area contributed by atoms with Crippen LogP contribution in [0.2, 0.25) is 0 Å². The number of piperidine rings is 1. The van der Waals surface area contributed by atoms with Gasteiger partial charge in [-0.3, -0.25) is 0 Å². The summed E-state index contributed by atoms with van der Waals surface area (Å²) in [5.74, 6) is 2.06. The fourth-order valence-electron chi connectivity index (χ4n) is 2.91. The molecule has 0 radical (unpaired) electrons. The third-order valence-corrected chi connectivity index (χ3v) is 3.34. The quantitative estimate of drug-likeness (QED) is 0.579. The molecule has 0 aromatic carbocycles. The van der Waals surface area contributed by atoms with Crippen molar-refractivity contribution in [1.82, 2.24) is 4.90 Å². The summed E-state index contributed by atoms with van der Waals surface area (Å²) < 4.78 is 0. The molecule has 0 aliphatic carbocycles. The van der Waals surface area contributed by atoms with E-state index in [9.17, 15) is 0 Å². The van der Waals surface area contributed by atoms with Gasteiger partial charge < -0.3 is 4.90 Å². The molecule has 0 spiro atoms. The maximum Gasteiger partial charge on any atom is 0.00134 e. The first-order valence-corrected chi connectivity index (χ1v) is 5.27. The van der Waals surface area contributed by atoms with Crippen molar-refractivity contribution in [1.29, 1.82) is 0 Å². The zero-order valence-electron chi connectivity index (χ0n) is 8.64. The molecule has 2 rings (SSSR count). The predicted molar refractivity (Wildman–Crippen MR) is 52.1 cm³/mol. The lowest BCUT2D eigenvalue weighted by molar-refractivity contribution is 0.220. The molecule has 2 aliphatic heterocycles. The molecule has 1 nitrogen and oxygen atoms in total. The van der Waals surface area contributed by atoms with Crippen LogP contribution < -0.4 is 0 Å². The zero-order chi connectivity index (χ0) is 8.77. The Labute approximate surface area is 76.1 Å². The summed E-state index contributed by atoms with van der Waals surface area (Å²) in [4.78, 5) is 2.64. The molecule has 2 bridgehead atoms. The third kappa shape index (κ3) is 1.66. The molecule has 2 aliphatic rings. The van der Waals surface area contributed by atoms with Crippen LogP contribution in [0, 0.1) is 17.3 Å². The number of nitrogens with zero attached hydrogens (tertiary/aromatic N) is 1. The zero-order valence-corrected chi connectivity index (χ0v) is 8.64. The maximum absolute atomic E-state index is 2.64. The number of hydrogen-bond donors (Lipinski definition) is 0. The highest BCUT2D eigenvalue weighted by atomic mass is 15.2. The lowest BCUT2D eigenvalue weighted by atomic mass is 9.79. The van der Waals surface area contributed by atoms with E-state index in [1.54, 1.807) is 0 Å². The molecular formula is C11H21N. The van der Waals surface area contributed by atoms with Crippen molar-refractivity contribution >= 4 is 0 Å². The fourth-order valence-corrected chi connectivity index (χ4v) is 2.91. The Balaban J connectivity index is 1.91. The van der Waals surface area contributed by atoms with Gasteiger partial charge in [0.1, 0.15) is 0 Å². The fraction of sp³-hybridized carbons (Fsp3) is 1.00. The minimum atomic E-state index is 0.538. The molecule has 3 unspecified atom stereocenters. The Morgan fingerprint density at radius 2 is 2.00 bits per heavy atom. The van der Waals surface area contributed by atoms with Gasteiger partial charge in [-0.05, 0) is 36.6 Å². The molecule has 70 valence electrons. The predicted octanol–water partition coefficient (Wildman–Crippen LogP) is 2.37. The van der Waals surface area contributed by atoms with Crippen LogP contribution in [0.1, 0.15) is 33.6 Å². The summed E-state index contributed by atoms with van der Waals surface area (Å²) in [5.41, 5.74) is 0.538. The van der Waals surface area contributed by atoms with E-state index in [2.05, 4.69) is 25.7 Å². The number of hydrogen-bond acceptors (Lipinski definition) is 1. The van der Waals surface area contributed by atoms with E-state index < -0.39 is 0 Å². The van der Waals surface area contributed by atoms with Gasteiger partial charge in [-0.15, -0.1) is 0 Å². The molecule has 0 N–H and O–H groups in total. The van der Waals surface area contributed by atoms with Gasteiger partial charge >= 0.3 is 0 Å². The van der Waals surface area contributed by atoms with Crippen molar-refractivity contribution in [2.75, 3.05) is 19.6 Å². The SMILES string of the molecule is CC(C)(C)CC1CN2CCC1C2. The molecule has 1 heteroatoms. The van der Waals surface area contributed by atoms with Crippen LogP contribution in [0.3, 0.4) is 0 Å². The first-order chi connectivity index (χ1) is 5.54. The van der Waals surface area contributed by atoms with Crippen molar-refractivity contribution < 1.29 is 0 Å². The highest BCUT2D eigenvalue weighted by Gasteiger charge is 2.39. The topological polar surface area (TPSA) is 3.24 Å². The lowest BCUT2D eigenvalue weighted by Crippen LogP contribution is -2.26. The average Bonchev–Trinajstić information content (AvgIpc) is 2.42. The van der Waals surface area contributed by atoms with Crippen LogP contribution >= 0.6 is 0 Å². The van der Waals surface area contributed by atoms with Crippen LogP contribution in [-0.2, 0) is 0 Å². The van der Waals surface area contributed by atoms with Crippen LogP contribution in [0.5, 0.6) is 0 Å². The smallest absolute Gasteiger partial charge is 0.00134 e. The molecule has 3 atom stereocenters. The Morgan fingerprint density at radius 3 is 2.42 bits per heavy atom. The molecule has 2 saturated heterocycles. The summed E-state index contributed by atoms with van der Waals surface area (Å²) in [7, 11) is 0. The molecule has 0 amide bonds. The summed E-state index contributed by atoms with van der Waals surface area (Å²) in [5, 5.41) is 0. The summed E-state index contributed by atoms with van der Waals surface area (Å²) in [6.07, 6.45) is 2.90. The van der Waals surface area contributed by atoms with Gasteiger partial charge in [0.05, 0.1) is 0 Å². The molecule has 0 aromatic heterocycles. The van der Waals surface area contributed by atoms with E-state index in [1.165, 1.54) is 32.5 Å². The Bertz CT molecular complexity index is 168. The lowest BCUT2D eigenvalue weighted by Gasteiger charge is -2.28. The molecule has 0 saturated carbocycles. The summed E-state index contributed by atoms with van der Waals surface area (Å²) >= 11 is 0. The van der Waals surface area contributed by atoms with E-state index in [-0.39, 0.29) is 0 Å².